The van der Waals surface area contributed by atoms with Crippen molar-refractivity contribution in [2.75, 3.05) is 0 Å². The van der Waals surface area contributed by atoms with Gasteiger partial charge in [-0.05, 0) is 12.8 Å². The summed E-state index contributed by atoms with van der Waals surface area (Å²) in [5, 5.41) is 9.35. The van der Waals surface area contributed by atoms with Crippen LogP contribution in [0.4, 0.5) is 13.2 Å². The van der Waals surface area contributed by atoms with E-state index in [-0.39, 0.29) is 12.8 Å². The molecule has 1 aliphatic carbocycles. The van der Waals surface area contributed by atoms with Crippen LogP contribution in [0.1, 0.15) is 32.1 Å². The highest BCUT2D eigenvalue weighted by atomic mass is 19.4. The zero-order valence-corrected chi connectivity index (χ0v) is 7.27. The molecule has 0 amide bonds. The van der Waals surface area contributed by atoms with Crippen molar-refractivity contribution in [1.82, 2.24) is 0 Å². The molecule has 0 saturated heterocycles. The number of halogens is 3. The van der Waals surface area contributed by atoms with Crippen LogP contribution in [-0.4, -0.2) is 22.9 Å². The smallest absolute Gasteiger partial charge is 0.380 e. The van der Waals surface area contributed by atoms with Gasteiger partial charge in [0.2, 0.25) is 0 Å². The maximum absolute atomic E-state index is 12.4. The first kappa shape index (κ1) is 10.8. The maximum Gasteiger partial charge on any atom is 0.417 e. The Kier molecular flexibility index (Phi) is 2.87. The zero-order valence-electron chi connectivity index (χ0n) is 7.27. The van der Waals surface area contributed by atoms with Crippen molar-refractivity contribution >= 4 is 0 Å². The minimum Gasteiger partial charge on any atom is -0.380 e. The van der Waals surface area contributed by atoms with Crippen molar-refractivity contribution in [2.45, 2.75) is 49.9 Å². The van der Waals surface area contributed by atoms with Gasteiger partial charge in [0, 0.05) is 12.5 Å². The van der Waals surface area contributed by atoms with Crippen LogP contribution in [0.3, 0.4) is 0 Å². The molecule has 0 bridgehead atoms. The standard InChI is InChI=1S/C8H14F3NO/c9-8(10,11)7(13)4-2-1-3-6(12)5-7/h6,13H,1-5,12H2/t6-,7-/m1/s1. The molecule has 3 N–H and O–H groups in total. The molecule has 2 nitrogen and oxygen atoms in total. The lowest BCUT2D eigenvalue weighted by molar-refractivity contribution is -0.265. The van der Waals surface area contributed by atoms with Gasteiger partial charge in [0.15, 0.2) is 5.60 Å². The summed E-state index contributed by atoms with van der Waals surface area (Å²) in [6.45, 7) is 0. The first-order valence-electron chi connectivity index (χ1n) is 4.40. The van der Waals surface area contributed by atoms with Gasteiger partial charge < -0.3 is 10.8 Å². The molecule has 1 saturated carbocycles. The van der Waals surface area contributed by atoms with Gasteiger partial charge in [-0.2, -0.15) is 13.2 Å². The third-order valence-corrected chi connectivity index (χ3v) is 2.54. The molecule has 0 radical (unpaired) electrons. The van der Waals surface area contributed by atoms with Crippen molar-refractivity contribution in [3.63, 3.8) is 0 Å². The SMILES string of the molecule is N[C@@H]1CCCC[C@](O)(C(F)(F)F)C1. The van der Waals surface area contributed by atoms with Crippen molar-refractivity contribution in [3.05, 3.63) is 0 Å². The maximum atomic E-state index is 12.4. The fraction of sp³-hybridized carbons (Fsp3) is 1.00. The van der Waals surface area contributed by atoms with Gasteiger partial charge in [-0.1, -0.05) is 12.8 Å². The van der Waals surface area contributed by atoms with E-state index in [0.717, 1.165) is 0 Å². The Morgan fingerprint density at radius 1 is 1.31 bits per heavy atom. The highest BCUT2D eigenvalue weighted by Crippen LogP contribution is 2.39. The van der Waals surface area contributed by atoms with Crippen molar-refractivity contribution in [2.24, 2.45) is 5.73 Å². The summed E-state index contributed by atoms with van der Waals surface area (Å²) in [7, 11) is 0. The fourth-order valence-corrected chi connectivity index (χ4v) is 1.72. The lowest BCUT2D eigenvalue weighted by Gasteiger charge is -2.30. The number of alkyl halides is 3. The Morgan fingerprint density at radius 3 is 2.46 bits per heavy atom. The molecule has 0 unspecified atom stereocenters. The molecule has 0 heterocycles. The monoisotopic (exact) mass is 197 g/mol. The summed E-state index contributed by atoms with van der Waals surface area (Å²) in [6, 6.07) is -0.533. The third kappa shape index (κ3) is 2.34. The molecular formula is C8H14F3NO. The van der Waals surface area contributed by atoms with Crippen LogP contribution >= 0.6 is 0 Å². The van der Waals surface area contributed by atoms with Gasteiger partial charge >= 0.3 is 6.18 Å². The molecule has 78 valence electrons. The third-order valence-electron chi connectivity index (χ3n) is 2.54. The Labute approximate surface area is 74.9 Å². The summed E-state index contributed by atoms with van der Waals surface area (Å²) in [5.74, 6) is 0. The van der Waals surface area contributed by atoms with E-state index in [0.29, 0.717) is 19.3 Å². The van der Waals surface area contributed by atoms with Gasteiger partial charge in [0.25, 0.3) is 0 Å². The van der Waals surface area contributed by atoms with Gasteiger partial charge in [-0.15, -0.1) is 0 Å². The highest BCUT2D eigenvalue weighted by Gasteiger charge is 2.53. The second-order valence-corrected chi connectivity index (χ2v) is 3.74. The lowest BCUT2D eigenvalue weighted by Crippen LogP contribution is -2.48. The lowest BCUT2D eigenvalue weighted by atomic mass is 9.92. The van der Waals surface area contributed by atoms with E-state index >= 15 is 0 Å². The van der Waals surface area contributed by atoms with Crippen molar-refractivity contribution in [1.29, 1.82) is 0 Å². The Morgan fingerprint density at radius 2 is 1.92 bits per heavy atom. The molecule has 0 aromatic carbocycles. The highest BCUT2D eigenvalue weighted by molar-refractivity contribution is 4.91. The van der Waals surface area contributed by atoms with Crippen LogP contribution in [-0.2, 0) is 0 Å². The molecule has 5 heteroatoms. The van der Waals surface area contributed by atoms with Crippen LogP contribution < -0.4 is 5.73 Å². The minimum atomic E-state index is -4.55. The van der Waals surface area contributed by atoms with Crippen LogP contribution in [0.2, 0.25) is 0 Å². The normalized spacial score (nSPS) is 37.2. The number of rotatable bonds is 0. The van der Waals surface area contributed by atoms with Gasteiger partial charge in [0.05, 0.1) is 0 Å². The van der Waals surface area contributed by atoms with Crippen LogP contribution in [0.25, 0.3) is 0 Å². The van der Waals surface area contributed by atoms with Crippen LogP contribution in [0.15, 0.2) is 0 Å². The van der Waals surface area contributed by atoms with Gasteiger partial charge in [-0.25, -0.2) is 0 Å². The Bertz CT molecular complexity index is 183. The molecule has 0 spiro atoms. The first-order valence-corrected chi connectivity index (χ1v) is 4.40. The predicted molar refractivity (Wildman–Crippen MR) is 42.1 cm³/mol. The first-order chi connectivity index (χ1) is 5.85. The molecule has 0 aromatic rings. The quantitative estimate of drug-likeness (QED) is 0.579. The van der Waals surface area contributed by atoms with Gasteiger partial charge in [-0.3, -0.25) is 0 Å². The summed E-state index contributed by atoms with van der Waals surface area (Å²) in [4.78, 5) is 0. The second-order valence-electron chi connectivity index (χ2n) is 3.74. The number of nitrogens with two attached hydrogens (primary N) is 1. The molecule has 0 aliphatic heterocycles. The Balaban J connectivity index is 2.75. The Hall–Kier alpha value is -0.290. The van der Waals surface area contributed by atoms with E-state index in [9.17, 15) is 18.3 Å². The zero-order chi connectivity index (χ0) is 10.1. The fourth-order valence-electron chi connectivity index (χ4n) is 1.72. The molecule has 13 heavy (non-hydrogen) atoms. The topological polar surface area (TPSA) is 46.2 Å². The largest absolute Gasteiger partial charge is 0.417 e. The average molecular weight is 197 g/mol. The summed E-state index contributed by atoms with van der Waals surface area (Å²) >= 11 is 0. The van der Waals surface area contributed by atoms with Crippen LogP contribution in [0, 0.1) is 0 Å². The summed E-state index contributed by atoms with van der Waals surface area (Å²) < 4.78 is 37.1. The van der Waals surface area contributed by atoms with Crippen molar-refractivity contribution in [3.8, 4) is 0 Å². The summed E-state index contributed by atoms with van der Waals surface area (Å²) in [6.07, 6.45) is -3.50. The van der Waals surface area contributed by atoms with E-state index in [1.165, 1.54) is 0 Å². The van der Waals surface area contributed by atoms with Crippen molar-refractivity contribution < 1.29 is 18.3 Å². The molecule has 1 fully saturated rings. The summed E-state index contributed by atoms with van der Waals surface area (Å²) in [5.41, 5.74) is 2.89. The minimum absolute atomic E-state index is 0.218. The number of hydrogen-bond acceptors (Lipinski definition) is 2. The predicted octanol–water partition coefficient (Wildman–Crippen LogP) is 1.57. The molecule has 0 aromatic heterocycles. The van der Waals surface area contributed by atoms with E-state index in [4.69, 9.17) is 5.73 Å². The van der Waals surface area contributed by atoms with E-state index in [1.807, 2.05) is 0 Å². The molecule has 2 atom stereocenters. The average Bonchev–Trinajstić information content (AvgIpc) is 2.10. The van der Waals surface area contributed by atoms with E-state index in [2.05, 4.69) is 0 Å². The van der Waals surface area contributed by atoms with E-state index in [1.54, 1.807) is 0 Å². The van der Waals surface area contributed by atoms with Gasteiger partial charge in [0.1, 0.15) is 0 Å². The molecule has 1 rings (SSSR count). The number of aliphatic hydroxyl groups is 1. The second kappa shape index (κ2) is 3.46. The number of hydrogen-bond donors (Lipinski definition) is 2. The van der Waals surface area contributed by atoms with E-state index < -0.39 is 17.8 Å². The molecule has 1 aliphatic rings. The van der Waals surface area contributed by atoms with Crippen LogP contribution in [0.5, 0.6) is 0 Å². The molecular weight excluding hydrogens is 183 g/mol.